The fourth-order valence-corrected chi connectivity index (χ4v) is 2.70. The van der Waals surface area contributed by atoms with E-state index in [1.807, 2.05) is 0 Å². The second-order valence-corrected chi connectivity index (χ2v) is 6.54. The number of hydrogen-bond donors (Lipinski definition) is 1. The number of ether oxygens (including phenoxy) is 2. The third-order valence-electron chi connectivity index (χ3n) is 3.77. The van der Waals surface area contributed by atoms with Crippen molar-refractivity contribution < 1.29 is 32.1 Å². The summed E-state index contributed by atoms with van der Waals surface area (Å²) in [7, 11) is 2.05. The van der Waals surface area contributed by atoms with Crippen molar-refractivity contribution in [2.45, 2.75) is 6.18 Å². The lowest BCUT2D eigenvalue weighted by Crippen LogP contribution is -2.41. The zero-order chi connectivity index (χ0) is 22.8. The molecule has 0 aliphatic rings. The van der Waals surface area contributed by atoms with Crippen LogP contribution in [0.5, 0.6) is 5.75 Å². The summed E-state index contributed by atoms with van der Waals surface area (Å²) in [5, 5.41) is 8.34. The molecule has 0 unspecified atom stereocenters. The Hall–Kier alpha value is -2.86. The molecule has 2 aromatic rings. The fourth-order valence-electron chi connectivity index (χ4n) is 2.37. The van der Waals surface area contributed by atoms with Gasteiger partial charge >= 0.3 is 11.9 Å². The molecule has 0 saturated carbocycles. The Morgan fingerprint density at radius 1 is 1.30 bits per heavy atom. The number of alkyl halides is 3. The second-order valence-electron chi connectivity index (χ2n) is 5.72. The van der Waals surface area contributed by atoms with Crippen molar-refractivity contribution in [2.75, 3.05) is 13.7 Å². The first kappa shape index (κ1) is 23.4. The van der Waals surface area contributed by atoms with E-state index in [2.05, 4.69) is 12.2 Å². The summed E-state index contributed by atoms with van der Waals surface area (Å²) in [6.07, 6.45) is -3.90. The van der Waals surface area contributed by atoms with E-state index in [9.17, 15) is 27.2 Å². The lowest BCUT2D eigenvalue weighted by atomic mass is 10.2. The zero-order valence-corrected chi connectivity index (χ0v) is 16.9. The topological polar surface area (TPSA) is 82.7 Å². The van der Waals surface area contributed by atoms with Crippen molar-refractivity contribution in [3.05, 3.63) is 67.4 Å². The van der Waals surface area contributed by atoms with Crippen molar-refractivity contribution >= 4 is 28.9 Å². The standard InChI is InChI=1S/C17H13ClF4N2O5S/c1-23-13(17(20,21)22)6-14(25)24(16(23)27)11-5-12(9(18)4-10(11)19)29-7-8(28-2)3-15(26)30/h3-6H,7H2,1-2H3,(H,26,30). The van der Waals surface area contributed by atoms with Crippen LogP contribution in [0.1, 0.15) is 5.69 Å². The lowest BCUT2D eigenvalue weighted by Gasteiger charge is -2.16. The van der Waals surface area contributed by atoms with Crippen molar-refractivity contribution in [1.82, 2.24) is 9.13 Å². The fraction of sp³-hybridized carbons (Fsp3) is 0.235. The molecule has 13 heteroatoms. The molecule has 0 radical (unpaired) electrons. The van der Waals surface area contributed by atoms with Crippen LogP contribution in [0.3, 0.4) is 0 Å². The zero-order valence-electron chi connectivity index (χ0n) is 15.3. The van der Waals surface area contributed by atoms with E-state index in [-0.39, 0.29) is 38.3 Å². The van der Waals surface area contributed by atoms with Crippen molar-refractivity contribution in [3.8, 4) is 11.4 Å². The van der Waals surface area contributed by atoms with E-state index >= 15 is 0 Å². The van der Waals surface area contributed by atoms with Gasteiger partial charge in [0.1, 0.15) is 29.6 Å². The number of aliphatic hydroxyl groups is 1. The smallest absolute Gasteiger partial charge is 0.431 e. The van der Waals surface area contributed by atoms with E-state index in [4.69, 9.17) is 26.2 Å². The Kier molecular flexibility index (Phi) is 6.93. The average molecular weight is 469 g/mol. The lowest BCUT2D eigenvalue weighted by molar-refractivity contribution is -0.144. The van der Waals surface area contributed by atoms with E-state index in [1.165, 1.54) is 7.11 Å². The van der Waals surface area contributed by atoms with Crippen molar-refractivity contribution in [3.63, 3.8) is 0 Å². The van der Waals surface area contributed by atoms with Crippen LogP contribution in [0, 0.1) is 5.82 Å². The maximum Gasteiger partial charge on any atom is 0.431 e. The van der Waals surface area contributed by atoms with Gasteiger partial charge in [-0.1, -0.05) is 11.6 Å². The van der Waals surface area contributed by atoms with Gasteiger partial charge in [-0.25, -0.2) is 13.8 Å². The normalized spacial score (nSPS) is 12.0. The van der Waals surface area contributed by atoms with Crippen LogP contribution in [0.25, 0.3) is 5.69 Å². The SMILES string of the molecule is COC(=CC(O)=S)COc1cc(-n2c(=O)cc(C(F)(F)F)n(C)c2=O)c(F)cc1Cl. The molecule has 1 N–H and O–H groups in total. The van der Waals surface area contributed by atoms with Crippen LogP contribution in [0.4, 0.5) is 17.6 Å². The minimum absolute atomic E-state index is 0.0621. The van der Waals surface area contributed by atoms with Crippen LogP contribution in [0.15, 0.2) is 39.6 Å². The average Bonchev–Trinajstić information content (AvgIpc) is 2.63. The summed E-state index contributed by atoms with van der Waals surface area (Å²) < 4.78 is 64.0. The van der Waals surface area contributed by atoms with E-state index < -0.39 is 39.7 Å². The number of rotatable bonds is 6. The molecule has 0 atom stereocenters. The molecule has 0 spiro atoms. The highest BCUT2D eigenvalue weighted by molar-refractivity contribution is 7.80. The Labute approximate surface area is 176 Å². The molecule has 2 rings (SSSR count). The van der Waals surface area contributed by atoms with Crippen molar-refractivity contribution in [1.29, 1.82) is 0 Å². The maximum absolute atomic E-state index is 14.4. The molecule has 0 bridgehead atoms. The number of aromatic nitrogens is 2. The minimum atomic E-state index is -4.96. The molecule has 0 aliphatic heterocycles. The summed E-state index contributed by atoms with van der Waals surface area (Å²) >= 11 is 10.4. The van der Waals surface area contributed by atoms with Gasteiger partial charge in [-0.3, -0.25) is 9.36 Å². The van der Waals surface area contributed by atoms with Gasteiger partial charge in [-0.15, -0.1) is 0 Å². The van der Waals surface area contributed by atoms with Gasteiger partial charge in [0.2, 0.25) is 0 Å². The highest BCUT2D eigenvalue weighted by Gasteiger charge is 2.35. The van der Waals surface area contributed by atoms with Gasteiger partial charge in [0.05, 0.1) is 17.8 Å². The third-order valence-corrected chi connectivity index (χ3v) is 4.18. The molecule has 30 heavy (non-hydrogen) atoms. The number of benzene rings is 1. The van der Waals surface area contributed by atoms with Crippen LogP contribution < -0.4 is 16.0 Å². The second kappa shape index (κ2) is 8.88. The van der Waals surface area contributed by atoms with Gasteiger partial charge in [0, 0.05) is 25.3 Å². The first-order valence-electron chi connectivity index (χ1n) is 7.86. The van der Waals surface area contributed by atoms with Crippen LogP contribution in [-0.2, 0) is 18.0 Å². The Bertz CT molecular complexity index is 1140. The predicted octanol–water partition coefficient (Wildman–Crippen LogP) is 3.14. The maximum atomic E-state index is 14.4. The first-order valence-corrected chi connectivity index (χ1v) is 8.65. The quantitative estimate of drug-likeness (QED) is 0.303. The summed E-state index contributed by atoms with van der Waals surface area (Å²) in [6, 6.07) is 1.77. The number of nitrogens with zero attached hydrogens (tertiary/aromatic N) is 2. The molecule has 1 heterocycles. The predicted molar refractivity (Wildman–Crippen MR) is 103 cm³/mol. The molecule has 1 aromatic heterocycles. The molecule has 162 valence electrons. The van der Waals surface area contributed by atoms with E-state index in [0.717, 1.165) is 25.3 Å². The highest BCUT2D eigenvalue weighted by atomic mass is 35.5. The van der Waals surface area contributed by atoms with Crippen molar-refractivity contribution in [2.24, 2.45) is 7.05 Å². The van der Waals surface area contributed by atoms with Gasteiger partial charge in [-0.05, 0) is 18.3 Å². The Balaban J connectivity index is 2.58. The van der Waals surface area contributed by atoms with Crippen LogP contribution in [-0.4, -0.2) is 33.0 Å². The molecule has 0 saturated heterocycles. The molecule has 0 aliphatic carbocycles. The Morgan fingerprint density at radius 2 is 1.93 bits per heavy atom. The van der Waals surface area contributed by atoms with Gasteiger partial charge < -0.3 is 14.6 Å². The highest BCUT2D eigenvalue weighted by Crippen LogP contribution is 2.30. The largest absolute Gasteiger partial charge is 0.499 e. The molecule has 0 amide bonds. The number of thiocarbonyl (C=S) groups is 1. The number of halogens is 5. The van der Waals surface area contributed by atoms with Gasteiger partial charge in [-0.2, -0.15) is 13.2 Å². The van der Waals surface area contributed by atoms with Crippen LogP contribution in [0.2, 0.25) is 5.02 Å². The monoisotopic (exact) mass is 468 g/mol. The van der Waals surface area contributed by atoms with E-state index in [1.54, 1.807) is 0 Å². The molecular formula is C17H13ClF4N2O5S. The summed E-state index contributed by atoms with van der Waals surface area (Å²) in [4.78, 5) is 24.5. The third kappa shape index (κ3) is 5.00. The summed E-state index contributed by atoms with van der Waals surface area (Å²) in [5.74, 6) is -1.30. The molecular weight excluding hydrogens is 456 g/mol. The van der Waals surface area contributed by atoms with E-state index in [0.29, 0.717) is 0 Å². The summed E-state index contributed by atoms with van der Waals surface area (Å²) in [5.41, 5.74) is -4.99. The van der Waals surface area contributed by atoms with Crippen LogP contribution >= 0.6 is 23.8 Å². The number of methoxy groups -OCH3 is 1. The molecule has 1 aromatic carbocycles. The first-order chi connectivity index (χ1) is 13.9. The van der Waals surface area contributed by atoms with Gasteiger partial charge in [0.15, 0.2) is 5.05 Å². The number of aliphatic hydroxyl groups excluding tert-OH is 1. The number of hydrogen-bond acceptors (Lipinski definition) is 5. The molecule has 0 fully saturated rings. The minimum Gasteiger partial charge on any atom is -0.499 e. The molecule has 7 nitrogen and oxygen atoms in total. The van der Waals surface area contributed by atoms with Gasteiger partial charge in [0.25, 0.3) is 5.56 Å². The summed E-state index contributed by atoms with van der Waals surface area (Å²) in [6.45, 7) is -0.331. The Morgan fingerprint density at radius 3 is 2.47 bits per heavy atom.